The summed E-state index contributed by atoms with van der Waals surface area (Å²) in [4.78, 5) is 0. The summed E-state index contributed by atoms with van der Waals surface area (Å²) >= 11 is 0. The quantitative estimate of drug-likeness (QED) is 0.746. The fraction of sp³-hybridized carbons (Fsp3) is 0.143. The van der Waals surface area contributed by atoms with Crippen LogP contribution in [0.1, 0.15) is 11.1 Å². The summed E-state index contributed by atoms with van der Waals surface area (Å²) < 4.78 is 0. The van der Waals surface area contributed by atoms with Crippen molar-refractivity contribution in [3.8, 4) is 0 Å². The lowest BCUT2D eigenvalue weighted by atomic mass is 10.1. The number of hydrogen-bond donors (Lipinski definition) is 2. The molecule has 2 heteroatoms. The monoisotopic (exact) mass is 212 g/mol. The van der Waals surface area contributed by atoms with Gasteiger partial charge >= 0.3 is 0 Å². The average Bonchev–Trinajstić information content (AvgIpc) is 2.24. The number of hydrogen-bond acceptors (Lipinski definition) is 2. The van der Waals surface area contributed by atoms with Crippen molar-refractivity contribution in [2.45, 2.75) is 13.8 Å². The molecule has 0 aliphatic carbocycles. The van der Waals surface area contributed by atoms with Gasteiger partial charge in [0.2, 0.25) is 0 Å². The van der Waals surface area contributed by atoms with Crippen molar-refractivity contribution in [3.05, 3.63) is 53.6 Å². The first-order chi connectivity index (χ1) is 7.66. The third-order valence-electron chi connectivity index (χ3n) is 2.64. The smallest absolute Gasteiger partial charge is 0.0443 e. The number of aryl methyl sites for hydroxylation is 2. The summed E-state index contributed by atoms with van der Waals surface area (Å²) in [6.45, 7) is 4.20. The van der Waals surface area contributed by atoms with Gasteiger partial charge in [0, 0.05) is 17.1 Å². The van der Waals surface area contributed by atoms with Crippen LogP contribution in [-0.4, -0.2) is 0 Å². The first-order valence-corrected chi connectivity index (χ1v) is 5.35. The molecule has 0 atom stereocenters. The molecule has 0 aliphatic heterocycles. The van der Waals surface area contributed by atoms with E-state index in [1.165, 1.54) is 11.1 Å². The Hall–Kier alpha value is -1.96. The van der Waals surface area contributed by atoms with Crippen LogP contribution in [0.2, 0.25) is 0 Å². The summed E-state index contributed by atoms with van der Waals surface area (Å²) in [6, 6.07) is 14.0. The Kier molecular flexibility index (Phi) is 2.82. The van der Waals surface area contributed by atoms with E-state index in [4.69, 9.17) is 5.73 Å². The van der Waals surface area contributed by atoms with Crippen LogP contribution in [0.3, 0.4) is 0 Å². The zero-order valence-electron chi connectivity index (χ0n) is 9.62. The highest BCUT2D eigenvalue weighted by molar-refractivity contribution is 5.68. The maximum absolute atomic E-state index is 5.75. The van der Waals surface area contributed by atoms with Crippen molar-refractivity contribution < 1.29 is 0 Å². The normalized spacial score (nSPS) is 10.1. The third-order valence-corrected chi connectivity index (χ3v) is 2.64. The van der Waals surface area contributed by atoms with E-state index in [1.54, 1.807) is 0 Å². The van der Waals surface area contributed by atoms with Crippen molar-refractivity contribution in [2.24, 2.45) is 0 Å². The van der Waals surface area contributed by atoms with E-state index in [2.05, 4.69) is 37.4 Å². The fourth-order valence-corrected chi connectivity index (χ4v) is 1.77. The van der Waals surface area contributed by atoms with E-state index < -0.39 is 0 Å². The van der Waals surface area contributed by atoms with E-state index in [1.807, 2.05) is 24.3 Å². The topological polar surface area (TPSA) is 38.0 Å². The SMILES string of the molecule is Cc1cccc(C)c1Nc1cccc(N)c1. The lowest BCUT2D eigenvalue weighted by Gasteiger charge is -2.12. The molecular weight excluding hydrogens is 196 g/mol. The largest absolute Gasteiger partial charge is 0.399 e. The average molecular weight is 212 g/mol. The Morgan fingerprint density at radius 1 is 0.938 bits per heavy atom. The number of rotatable bonds is 2. The Morgan fingerprint density at radius 3 is 2.19 bits per heavy atom. The first-order valence-electron chi connectivity index (χ1n) is 5.35. The second-order valence-corrected chi connectivity index (χ2v) is 4.02. The van der Waals surface area contributed by atoms with Crippen LogP contribution < -0.4 is 11.1 Å². The van der Waals surface area contributed by atoms with Crippen LogP contribution in [0.25, 0.3) is 0 Å². The van der Waals surface area contributed by atoms with Crippen LogP contribution in [0.5, 0.6) is 0 Å². The third kappa shape index (κ3) is 2.16. The Bertz CT molecular complexity index is 484. The molecule has 0 unspecified atom stereocenters. The van der Waals surface area contributed by atoms with Gasteiger partial charge in [0.15, 0.2) is 0 Å². The van der Waals surface area contributed by atoms with Gasteiger partial charge in [0.05, 0.1) is 0 Å². The molecule has 0 aromatic heterocycles. The van der Waals surface area contributed by atoms with Gasteiger partial charge in [-0.2, -0.15) is 0 Å². The van der Waals surface area contributed by atoms with E-state index >= 15 is 0 Å². The molecule has 2 aromatic rings. The minimum Gasteiger partial charge on any atom is -0.399 e. The molecule has 82 valence electrons. The predicted octanol–water partition coefficient (Wildman–Crippen LogP) is 3.63. The molecule has 0 saturated carbocycles. The van der Waals surface area contributed by atoms with E-state index in [9.17, 15) is 0 Å². The first kappa shape index (κ1) is 10.6. The molecule has 3 N–H and O–H groups in total. The van der Waals surface area contributed by atoms with Crippen molar-refractivity contribution in [3.63, 3.8) is 0 Å². The van der Waals surface area contributed by atoms with Gasteiger partial charge in [-0.05, 0) is 43.2 Å². The number of para-hydroxylation sites is 1. The minimum atomic E-state index is 0.774. The number of nitrogens with one attached hydrogen (secondary N) is 1. The van der Waals surface area contributed by atoms with Crippen molar-refractivity contribution >= 4 is 17.1 Å². The highest BCUT2D eigenvalue weighted by Crippen LogP contribution is 2.24. The maximum Gasteiger partial charge on any atom is 0.0443 e. The molecule has 16 heavy (non-hydrogen) atoms. The van der Waals surface area contributed by atoms with E-state index in [-0.39, 0.29) is 0 Å². The second kappa shape index (κ2) is 4.27. The zero-order valence-corrected chi connectivity index (χ0v) is 9.62. The minimum absolute atomic E-state index is 0.774. The van der Waals surface area contributed by atoms with Gasteiger partial charge in [0.1, 0.15) is 0 Å². The molecular formula is C14H16N2. The number of nitrogen functional groups attached to an aromatic ring is 1. The summed E-state index contributed by atoms with van der Waals surface area (Å²) in [5, 5.41) is 3.40. The van der Waals surface area contributed by atoms with Crippen molar-refractivity contribution in [1.29, 1.82) is 0 Å². The summed E-state index contributed by atoms with van der Waals surface area (Å²) in [5.74, 6) is 0. The molecule has 0 radical (unpaired) electrons. The highest BCUT2D eigenvalue weighted by atomic mass is 14.9. The summed E-state index contributed by atoms with van der Waals surface area (Å²) in [7, 11) is 0. The van der Waals surface area contributed by atoms with E-state index in [0.29, 0.717) is 0 Å². The maximum atomic E-state index is 5.75. The van der Waals surface area contributed by atoms with Gasteiger partial charge in [-0.15, -0.1) is 0 Å². The predicted molar refractivity (Wildman–Crippen MR) is 70.1 cm³/mol. The number of benzene rings is 2. The van der Waals surface area contributed by atoms with Crippen LogP contribution in [-0.2, 0) is 0 Å². The van der Waals surface area contributed by atoms with Gasteiger partial charge in [-0.25, -0.2) is 0 Å². The highest BCUT2D eigenvalue weighted by Gasteiger charge is 2.01. The zero-order chi connectivity index (χ0) is 11.5. The molecule has 0 saturated heterocycles. The molecule has 0 fully saturated rings. The number of nitrogens with two attached hydrogens (primary N) is 1. The Morgan fingerprint density at radius 2 is 1.56 bits per heavy atom. The molecule has 0 bridgehead atoms. The summed E-state index contributed by atoms with van der Waals surface area (Å²) in [6.07, 6.45) is 0. The lowest BCUT2D eigenvalue weighted by molar-refractivity contribution is 1.36. The summed E-state index contributed by atoms with van der Waals surface area (Å²) in [5.41, 5.74) is 11.2. The molecule has 2 nitrogen and oxygen atoms in total. The van der Waals surface area contributed by atoms with Gasteiger partial charge < -0.3 is 11.1 Å². The molecule has 0 heterocycles. The van der Waals surface area contributed by atoms with Crippen molar-refractivity contribution in [2.75, 3.05) is 11.1 Å². The molecule has 0 aliphatic rings. The van der Waals surface area contributed by atoms with Gasteiger partial charge in [0.25, 0.3) is 0 Å². The van der Waals surface area contributed by atoms with E-state index in [0.717, 1.165) is 17.1 Å². The number of anilines is 3. The molecule has 2 rings (SSSR count). The van der Waals surface area contributed by atoms with Crippen LogP contribution in [0.4, 0.5) is 17.1 Å². The van der Waals surface area contributed by atoms with Gasteiger partial charge in [-0.1, -0.05) is 24.3 Å². The van der Waals surface area contributed by atoms with Crippen LogP contribution in [0, 0.1) is 13.8 Å². The molecule has 0 spiro atoms. The molecule has 0 amide bonds. The standard InChI is InChI=1S/C14H16N2/c1-10-5-3-6-11(2)14(10)16-13-8-4-7-12(15)9-13/h3-9,16H,15H2,1-2H3. The Balaban J connectivity index is 2.34. The second-order valence-electron chi connectivity index (χ2n) is 4.02. The van der Waals surface area contributed by atoms with Gasteiger partial charge in [-0.3, -0.25) is 0 Å². The fourth-order valence-electron chi connectivity index (χ4n) is 1.77. The Labute approximate surface area is 96.1 Å². The van der Waals surface area contributed by atoms with Crippen molar-refractivity contribution in [1.82, 2.24) is 0 Å². The molecule has 2 aromatic carbocycles. The lowest BCUT2D eigenvalue weighted by Crippen LogP contribution is -1.96. The van der Waals surface area contributed by atoms with Crippen LogP contribution >= 0.6 is 0 Å². The van der Waals surface area contributed by atoms with Crippen LogP contribution in [0.15, 0.2) is 42.5 Å².